The lowest BCUT2D eigenvalue weighted by molar-refractivity contribution is -0.131. The summed E-state index contributed by atoms with van der Waals surface area (Å²) in [6.07, 6.45) is 0.463. The minimum absolute atomic E-state index is 0.279. The molecule has 0 heterocycles. The number of hydrogen-bond acceptors (Lipinski definition) is 4. The predicted molar refractivity (Wildman–Crippen MR) is 66.4 cm³/mol. The molecular weight excluding hydrogens is 218 g/mol. The fraction of sp³-hybridized carbons (Fsp3) is 0.417. The van der Waals surface area contributed by atoms with Gasteiger partial charge in [0.1, 0.15) is 5.75 Å². The number of hydrazine groups is 1. The normalized spacial score (nSPS) is 12.1. The van der Waals surface area contributed by atoms with E-state index in [1.807, 2.05) is 25.1 Å². The Morgan fingerprint density at radius 1 is 1.53 bits per heavy atom. The first-order chi connectivity index (χ1) is 7.95. The van der Waals surface area contributed by atoms with Crippen LogP contribution in [0.1, 0.15) is 11.1 Å². The van der Waals surface area contributed by atoms with Gasteiger partial charge in [-0.15, -0.1) is 0 Å². The van der Waals surface area contributed by atoms with Gasteiger partial charge in [0.25, 0.3) is 5.91 Å². The molecule has 0 saturated heterocycles. The Balaban J connectivity index is 2.75. The molecule has 1 unspecified atom stereocenters. The Bertz CT molecular complexity index is 405. The smallest absolute Gasteiger partial charge is 0.253 e. The highest BCUT2D eigenvalue weighted by Crippen LogP contribution is 2.19. The van der Waals surface area contributed by atoms with E-state index in [-0.39, 0.29) is 5.91 Å². The van der Waals surface area contributed by atoms with Crippen LogP contribution in [0.5, 0.6) is 5.75 Å². The topological polar surface area (TPSA) is 81.6 Å². The summed E-state index contributed by atoms with van der Waals surface area (Å²) >= 11 is 0. The van der Waals surface area contributed by atoms with Crippen molar-refractivity contribution in [3.63, 3.8) is 0 Å². The largest absolute Gasteiger partial charge is 0.496 e. The first-order valence-corrected chi connectivity index (χ1v) is 5.37. The zero-order valence-electron chi connectivity index (χ0n) is 10.4. The lowest BCUT2D eigenvalue weighted by Crippen LogP contribution is -2.46. The minimum atomic E-state index is -0.613. The third-order valence-corrected chi connectivity index (χ3v) is 2.58. The van der Waals surface area contributed by atoms with Crippen LogP contribution in [0.15, 0.2) is 18.2 Å². The monoisotopic (exact) mass is 237 g/mol. The van der Waals surface area contributed by atoms with Crippen LogP contribution >= 0.6 is 0 Å². The van der Waals surface area contributed by atoms with Crippen molar-refractivity contribution in [3.05, 3.63) is 29.3 Å². The van der Waals surface area contributed by atoms with Gasteiger partial charge >= 0.3 is 0 Å². The zero-order valence-corrected chi connectivity index (χ0v) is 10.4. The van der Waals surface area contributed by atoms with E-state index >= 15 is 0 Å². The fourth-order valence-corrected chi connectivity index (χ4v) is 1.67. The maximum Gasteiger partial charge on any atom is 0.253 e. The van der Waals surface area contributed by atoms with Crippen molar-refractivity contribution in [2.24, 2.45) is 11.6 Å². The van der Waals surface area contributed by atoms with E-state index in [4.69, 9.17) is 16.3 Å². The van der Waals surface area contributed by atoms with Crippen molar-refractivity contribution < 1.29 is 9.53 Å². The van der Waals surface area contributed by atoms with E-state index in [0.29, 0.717) is 6.42 Å². The summed E-state index contributed by atoms with van der Waals surface area (Å²) in [6.45, 7) is 1.95. The summed E-state index contributed by atoms with van der Waals surface area (Å²) in [4.78, 5) is 11.5. The number of aryl methyl sites for hydroxylation is 1. The molecule has 4 N–H and O–H groups in total. The average Bonchev–Trinajstić information content (AvgIpc) is 2.28. The molecule has 1 amide bonds. The van der Waals surface area contributed by atoms with Crippen molar-refractivity contribution in [1.29, 1.82) is 0 Å². The summed E-state index contributed by atoms with van der Waals surface area (Å²) in [5.41, 5.74) is 7.78. The van der Waals surface area contributed by atoms with Gasteiger partial charge in [-0.2, -0.15) is 0 Å². The third kappa shape index (κ3) is 3.44. The molecule has 0 aliphatic rings. The van der Waals surface area contributed by atoms with Gasteiger partial charge < -0.3 is 10.5 Å². The Morgan fingerprint density at radius 2 is 2.18 bits per heavy atom. The van der Waals surface area contributed by atoms with Gasteiger partial charge in [0.05, 0.1) is 13.2 Å². The number of likely N-dealkylation sites (N-methyl/N-ethyl adjacent to an activating group) is 1. The van der Waals surface area contributed by atoms with E-state index in [1.165, 1.54) is 7.05 Å². The van der Waals surface area contributed by atoms with Crippen LogP contribution in [0, 0.1) is 6.92 Å². The molecule has 5 heteroatoms. The summed E-state index contributed by atoms with van der Waals surface area (Å²) in [5, 5.41) is 1.01. The van der Waals surface area contributed by atoms with E-state index < -0.39 is 6.04 Å². The van der Waals surface area contributed by atoms with Gasteiger partial charge in [0.2, 0.25) is 0 Å². The number of benzene rings is 1. The van der Waals surface area contributed by atoms with Gasteiger partial charge in [-0.1, -0.05) is 12.1 Å². The Kier molecular flexibility index (Phi) is 4.48. The number of hydrogen-bond donors (Lipinski definition) is 2. The molecule has 0 fully saturated rings. The lowest BCUT2D eigenvalue weighted by Gasteiger charge is -2.16. The van der Waals surface area contributed by atoms with Crippen LogP contribution < -0.4 is 16.3 Å². The second-order valence-electron chi connectivity index (χ2n) is 4.06. The van der Waals surface area contributed by atoms with Crippen LogP contribution in [0.2, 0.25) is 0 Å². The highest BCUT2D eigenvalue weighted by Gasteiger charge is 2.16. The molecule has 0 aliphatic carbocycles. The van der Waals surface area contributed by atoms with E-state index in [0.717, 1.165) is 21.9 Å². The fourth-order valence-electron chi connectivity index (χ4n) is 1.67. The summed E-state index contributed by atoms with van der Waals surface area (Å²) in [5.74, 6) is 5.89. The van der Waals surface area contributed by atoms with Gasteiger partial charge in [-0.05, 0) is 30.5 Å². The quantitative estimate of drug-likeness (QED) is 0.445. The zero-order chi connectivity index (χ0) is 13.0. The molecule has 17 heavy (non-hydrogen) atoms. The molecule has 5 nitrogen and oxygen atoms in total. The molecule has 1 aromatic carbocycles. The number of ether oxygens (including phenoxy) is 1. The van der Waals surface area contributed by atoms with Crippen LogP contribution in [0.4, 0.5) is 0 Å². The summed E-state index contributed by atoms with van der Waals surface area (Å²) < 4.78 is 5.16. The van der Waals surface area contributed by atoms with Crippen molar-refractivity contribution in [1.82, 2.24) is 5.01 Å². The predicted octanol–water partition coefficient (Wildman–Crippen LogP) is 0.206. The van der Waals surface area contributed by atoms with Crippen LogP contribution in [-0.4, -0.2) is 31.1 Å². The van der Waals surface area contributed by atoms with E-state index in [2.05, 4.69) is 0 Å². The molecule has 1 rings (SSSR count). The lowest BCUT2D eigenvalue weighted by atomic mass is 10.0. The molecule has 1 atom stereocenters. The van der Waals surface area contributed by atoms with Gasteiger partial charge in [0, 0.05) is 7.05 Å². The molecule has 0 aromatic heterocycles. The molecule has 94 valence electrons. The molecule has 0 radical (unpaired) electrons. The second-order valence-corrected chi connectivity index (χ2v) is 4.06. The van der Waals surface area contributed by atoms with Crippen molar-refractivity contribution in [2.75, 3.05) is 14.2 Å². The molecular formula is C12H19N3O2. The molecule has 0 spiro atoms. The average molecular weight is 237 g/mol. The Hall–Kier alpha value is -1.59. The summed E-state index contributed by atoms with van der Waals surface area (Å²) in [6, 6.07) is 5.12. The molecule has 0 bridgehead atoms. The maximum atomic E-state index is 11.5. The van der Waals surface area contributed by atoms with Crippen molar-refractivity contribution in [3.8, 4) is 5.75 Å². The number of nitrogens with two attached hydrogens (primary N) is 2. The Morgan fingerprint density at radius 3 is 2.65 bits per heavy atom. The van der Waals surface area contributed by atoms with Gasteiger partial charge in [-0.3, -0.25) is 9.80 Å². The number of amides is 1. The number of rotatable bonds is 4. The number of nitrogens with zero attached hydrogens (tertiary/aromatic N) is 1. The van der Waals surface area contributed by atoms with E-state index in [9.17, 15) is 4.79 Å². The maximum absolute atomic E-state index is 11.5. The van der Waals surface area contributed by atoms with E-state index in [1.54, 1.807) is 7.11 Å². The second kappa shape index (κ2) is 5.65. The highest BCUT2D eigenvalue weighted by atomic mass is 16.5. The number of methoxy groups -OCH3 is 1. The highest BCUT2D eigenvalue weighted by molar-refractivity contribution is 5.81. The SMILES string of the molecule is COc1ccc(CC(N)C(=O)N(C)N)cc1C. The van der Waals surface area contributed by atoms with Crippen molar-refractivity contribution >= 4 is 5.91 Å². The molecule has 1 aromatic rings. The third-order valence-electron chi connectivity index (χ3n) is 2.58. The number of carbonyl (C=O) groups excluding carboxylic acids is 1. The first-order valence-electron chi connectivity index (χ1n) is 5.37. The van der Waals surface area contributed by atoms with Crippen LogP contribution in [-0.2, 0) is 11.2 Å². The summed E-state index contributed by atoms with van der Waals surface area (Å²) in [7, 11) is 3.11. The van der Waals surface area contributed by atoms with Crippen LogP contribution in [0.25, 0.3) is 0 Å². The Labute approximate surface area is 101 Å². The molecule has 0 saturated carbocycles. The van der Waals surface area contributed by atoms with Gasteiger partial charge in [0.15, 0.2) is 0 Å². The van der Waals surface area contributed by atoms with Gasteiger partial charge in [-0.25, -0.2) is 5.84 Å². The number of carbonyl (C=O) groups is 1. The first kappa shape index (κ1) is 13.5. The minimum Gasteiger partial charge on any atom is -0.496 e. The van der Waals surface area contributed by atoms with Crippen LogP contribution in [0.3, 0.4) is 0 Å². The standard InChI is InChI=1S/C12H19N3O2/c1-8-6-9(4-5-11(8)17-3)7-10(13)12(16)15(2)14/h4-6,10H,7,13-14H2,1-3H3. The van der Waals surface area contributed by atoms with Crippen molar-refractivity contribution in [2.45, 2.75) is 19.4 Å². The molecule has 0 aliphatic heterocycles.